The quantitative estimate of drug-likeness (QED) is 0.823. The van der Waals surface area contributed by atoms with Crippen LogP contribution in [0.4, 0.5) is 5.69 Å². The van der Waals surface area contributed by atoms with Crippen molar-refractivity contribution in [2.24, 2.45) is 11.7 Å². The number of carbonyl (C=O) groups is 1. The van der Waals surface area contributed by atoms with E-state index in [1.54, 1.807) is 0 Å². The maximum absolute atomic E-state index is 12.1. The summed E-state index contributed by atoms with van der Waals surface area (Å²) in [5.41, 5.74) is 9.37. The van der Waals surface area contributed by atoms with Gasteiger partial charge >= 0.3 is 0 Å². The van der Waals surface area contributed by atoms with E-state index < -0.39 is 0 Å². The number of hydrogen-bond acceptors (Lipinski definition) is 2. The van der Waals surface area contributed by atoms with E-state index in [0.717, 1.165) is 5.69 Å². The number of rotatable bonds is 6. The standard InChI is InChI=1S/C18H30N2O/c1-11(2)14-7-8-17(15(9-14)12(3)4)20-18(21)10-16(19)13(5)6/h7-9,11-13,16H,10,19H2,1-6H3,(H,20,21). The second kappa shape index (κ2) is 7.60. The number of amides is 1. The maximum Gasteiger partial charge on any atom is 0.225 e. The molecular formula is C18H30N2O. The van der Waals surface area contributed by atoms with Crippen molar-refractivity contribution in [2.45, 2.75) is 65.8 Å². The molecule has 0 fully saturated rings. The lowest BCUT2D eigenvalue weighted by molar-refractivity contribution is -0.116. The molecule has 0 saturated carbocycles. The van der Waals surface area contributed by atoms with Gasteiger partial charge in [0.1, 0.15) is 0 Å². The van der Waals surface area contributed by atoms with E-state index in [2.05, 4.69) is 45.1 Å². The lowest BCUT2D eigenvalue weighted by Crippen LogP contribution is -2.31. The normalized spacial score (nSPS) is 13.0. The molecule has 21 heavy (non-hydrogen) atoms. The van der Waals surface area contributed by atoms with E-state index in [-0.39, 0.29) is 11.9 Å². The summed E-state index contributed by atoms with van der Waals surface area (Å²) >= 11 is 0. The van der Waals surface area contributed by atoms with Crippen molar-refractivity contribution in [3.05, 3.63) is 29.3 Å². The third-order valence-electron chi connectivity index (χ3n) is 3.92. The highest BCUT2D eigenvalue weighted by Gasteiger charge is 2.15. The first kappa shape index (κ1) is 17.7. The van der Waals surface area contributed by atoms with Crippen LogP contribution >= 0.6 is 0 Å². The third-order valence-corrected chi connectivity index (χ3v) is 3.92. The van der Waals surface area contributed by atoms with Crippen LogP contribution in [0.2, 0.25) is 0 Å². The van der Waals surface area contributed by atoms with Crippen molar-refractivity contribution in [3.63, 3.8) is 0 Å². The van der Waals surface area contributed by atoms with Gasteiger partial charge in [-0.05, 0) is 34.9 Å². The molecule has 0 radical (unpaired) electrons. The van der Waals surface area contributed by atoms with Gasteiger partial charge in [0.05, 0.1) is 0 Å². The second-order valence-electron chi connectivity index (χ2n) is 6.82. The van der Waals surface area contributed by atoms with Gasteiger partial charge in [0.2, 0.25) is 5.91 Å². The van der Waals surface area contributed by atoms with Gasteiger partial charge in [0.25, 0.3) is 0 Å². The summed E-state index contributed by atoms with van der Waals surface area (Å²) in [7, 11) is 0. The molecule has 1 amide bonds. The van der Waals surface area contributed by atoms with Crippen LogP contribution in [0.25, 0.3) is 0 Å². The molecule has 0 bridgehead atoms. The predicted octanol–water partition coefficient (Wildman–Crippen LogP) is 4.25. The number of carbonyl (C=O) groups excluding carboxylic acids is 1. The summed E-state index contributed by atoms with van der Waals surface area (Å²) in [5, 5.41) is 3.02. The summed E-state index contributed by atoms with van der Waals surface area (Å²) in [6.07, 6.45) is 0.362. The highest BCUT2D eigenvalue weighted by atomic mass is 16.1. The highest BCUT2D eigenvalue weighted by molar-refractivity contribution is 5.92. The Morgan fingerprint density at radius 1 is 1.10 bits per heavy atom. The molecule has 3 nitrogen and oxygen atoms in total. The Bertz CT molecular complexity index is 478. The summed E-state index contributed by atoms with van der Waals surface area (Å²) in [6.45, 7) is 12.7. The first-order valence-electron chi connectivity index (χ1n) is 7.91. The Hall–Kier alpha value is -1.35. The molecule has 1 aromatic rings. The molecule has 0 aromatic heterocycles. The van der Waals surface area contributed by atoms with E-state index in [9.17, 15) is 4.79 Å². The summed E-state index contributed by atoms with van der Waals surface area (Å²) in [5.74, 6) is 1.17. The van der Waals surface area contributed by atoms with E-state index in [1.165, 1.54) is 11.1 Å². The van der Waals surface area contributed by atoms with Crippen LogP contribution in [0.1, 0.15) is 70.9 Å². The van der Waals surface area contributed by atoms with Crippen molar-refractivity contribution in [3.8, 4) is 0 Å². The van der Waals surface area contributed by atoms with Crippen molar-refractivity contribution in [1.82, 2.24) is 0 Å². The van der Waals surface area contributed by atoms with E-state index in [0.29, 0.717) is 24.2 Å². The highest BCUT2D eigenvalue weighted by Crippen LogP contribution is 2.28. The minimum Gasteiger partial charge on any atom is -0.327 e. The van der Waals surface area contributed by atoms with Gasteiger partial charge in [-0.15, -0.1) is 0 Å². The molecule has 0 heterocycles. The number of benzene rings is 1. The van der Waals surface area contributed by atoms with Crippen LogP contribution in [-0.2, 0) is 4.79 Å². The molecule has 1 unspecified atom stereocenters. The van der Waals surface area contributed by atoms with Crippen molar-refractivity contribution in [2.75, 3.05) is 5.32 Å². The van der Waals surface area contributed by atoms with Crippen LogP contribution < -0.4 is 11.1 Å². The van der Waals surface area contributed by atoms with E-state index >= 15 is 0 Å². The fraction of sp³-hybridized carbons (Fsp3) is 0.611. The molecule has 1 atom stereocenters. The van der Waals surface area contributed by atoms with Crippen LogP contribution in [0.15, 0.2) is 18.2 Å². The molecule has 0 aliphatic heterocycles. The lowest BCUT2D eigenvalue weighted by Gasteiger charge is -2.19. The fourth-order valence-corrected chi connectivity index (χ4v) is 2.18. The van der Waals surface area contributed by atoms with Crippen LogP contribution in [0, 0.1) is 5.92 Å². The van der Waals surface area contributed by atoms with Gasteiger partial charge in [-0.1, -0.05) is 53.7 Å². The molecule has 3 heteroatoms. The minimum absolute atomic E-state index is 0.00426. The molecule has 0 aliphatic carbocycles. The SMILES string of the molecule is CC(C)c1ccc(NC(=O)CC(N)C(C)C)c(C(C)C)c1. The van der Waals surface area contributed by atoms with Crippen LogP contribution in [-0.4, -0.2) is 11.9 Å². The molecule has 0 spiro atoms. The van der Waals surface area contributed by atoms with Crippen LogP contribution in [0.5, 0.6) is 0 Å². The largest absolute Gasteiger partial charge is 0.327 e. The summed E-state index contributed by atoms with van der Waals surface area (Å²) < 4.78 is 0. The lowest BCUT2D eigenvalue weighted by atomic mass is 9.94. The fourth-order valence-electron chi connectivity index (χ4n) is 2.18. The average molecular weight is 290 g/mol. The smallest absolute Gasteiger partial charge is 0.225 e. The molecular weight excluding hydrogens is 260 g/mol. The zero-order valence-electron chi connectivity index (χ0n) is 14.2. The Balaban J connectivity index is 2.90. The van der Waals surface area contributed by atoms with Gasteiger partial charge in [0, 0.05) is 18.2 Å². The molecule has 0 aliphatic rings. The molecule has 0 saturated heterocycles. The van der Waals surface area contributed by atoms with Crippen molar-refractivity contribution < 1.29 is 4.79 Å². The predicted molar refractivity (Wildman–Crippen MR) is 90.7 cm³/mol. The van der Waals surface area contributed by atoms with E-state index in [4.69, 9.17) is 5.73 Å². The third kappa shape index (κ3) is 5.16. The molecule has 1 aromatic carbocycles. The molecule has 3 N–H and O–H groups in total. The van der Waals surface area contributed by atoms with Gasteiger partial charge in [-0.3, -0.25) is 4.79 Å². The van der Waals surface area contributed by atoms with Gasteiger partial charge in [0.15, 0.2) is 0 Å². The van der Waals surface area contributed by atoms with Gasteiger partial charge in [-0.25, -0.2) is 0 Å². The average Bonchev–Trinajstić information content (AvgIpc) is 2.38. The molecule has 118 valence electrons. The summed E-state index contributed by atoms with van der Waals surface area (Å²) in [6, 6.07) is 6.22. The minimum atomic E-state index is -0.0950. The number of nitrogens with two attached hydrogens (primary N) is 1. The van der Waals surface area contributed by atoms with Gasteiger partial charge < -0.3 is 11.1 Å². The Kier molecular flexibility index (Phi) is 6.41. The molecule has 1 rings (SSSR count). The summed E-state index contributed by atoms with van der Waals surface area (Å²) in [4.78, 5) is 12.1. The number of hydrogen-bond donors (Lipinski definition) is 2. The van der Waals surface area contributed by atoms with Gasteiger partial charge in [-0.2, -0.15) is 0 Å². The first-order valence-corrected chi connectivity index (χ1v) is 7.91. The number of nitrogens with one attached hydrogen (secondary N) is 1. The topological polar surface area (TPSA) is 55.1 Å². The second-order valence-corrected chi connectivity index (χ2v) is 6.82. The van der Waals surface area contributed by atoms with Crippen molar-refractivity contribution >= 4 is 11.6 Å². The van der Waals surface area contributed by atoms with Crippen LogP contribution in [0.3, 0.4) is 0 Å². The zero-order chi connectivity index (χ0) is 16.2. The Labute approximate surface area is 129 Å². The Morgan fingerprint density at radius 2 is 1.71 bits per heavy atom. The van der Waals surface area contributed by atoms with E-state index in [1.807, 2.05) is 19.9 Å². The maximum atomic E-state index is 12.1. The number of anilines is 1. The van der Waals surface area contributed by atoms with Crippen molar-refractivity contribution in [1.29, 1.82) is 0 Å². The Morgan fingerprint density at radius 3 is 2.19 bits per heavy atom. The monoisotopic (exact) mass is 290 g/mol. The first-order chi connectivity index (χ1) is 9.72. The zero-order valence-corrected chi connectivity index (χ0v) is 14.2.